The highest BCUT2D eigenvalue weighted by Crippen LogP contribution is 2.29. The molecule has 0 aliphatic carbocycles. The van der Waals surface area contributed by atoms with E-state index in [0.717, 1.165) is 16.7 Å². The molecule has 0 amide bonds. The highest BCUT2D eigenvalue weighted by molar-refractivity contribution is 9.10. The summed E-state index contributed by atoms with van der Waals surface area (Å²) in [5.74, 6) is -0.326. The molecule has 6 heteroatoms. The van der Waals surface area contributed by atoms with Crippen LogP contribution >= 0.6 is 15.9 Å². The van der Waals surface area contributed by atoms with Crippen molar-refractivity contribution in [2.45, 2.75) is 19.5 Å². The first-order chi connectivity index (χ1) is 8.69. The molecule has 0 bridgehead atoms. The summed E-state index contributed by atoms with van der Waals surface area (Å²) < 4.78 is 16.5. The molecule has 0 aliphatic rings. The number of nitrogens with one attached hydrogen (secondary N) is 1. The Labute approximate surface area is 113 Å². The molecule has 2 aromatic heterocycles. The highest BCUT2D eigenvalue weighted by Gasteiger charge is 2.22. The monoisotopic (exact) mass is 312 g/mol. The Kier molecular flexibility index (Phi) is 4.08. The third-order valence-corrected chi connectivity index (χ3v) is 3.42. The largest absolute Gasteiger partial charge is 0.308 e. The van der Waals surface area contributed by atoms with Crippen molar-refractivity contribution in [1.82, 2.24) is 20.1 Å². The van der Waals surface area contributed by atoms with Crippen LogP contribution in [0.15, 0.2) is 29.1 Å². The third kappa shape index (κ3) is 2.30. The molecule has 0 radical (unpaired) electrons. The first kappa shape index (κ1) is 13.2. The van der Waals surface area contributed by atoms with Gasteiger partial charge in [0, 0.05) is 18.3 Å². The Hall–Kier alpha value is -1.27. The van der Waals surface area contributed by atoms with Crippen molar-refractivity contribution >= 4 is 15.9 Å². The van der Waals surface area contributed by atoms with Crippen molar-refractivity contribution in [2.24, 2.45) is 0 Å². The molecule has 18 heavy (non-hydrogen) atoms. The quantitative estimate of drug-likeness (QED) is 0.943. The van der Waals surface area contributed by atoms with E-state index in [-0.39, 0.29) is 11.9 Å². The summed E-state index contributed by atoms with van der Waals surface area (Å²) in [4.78, 5) is 3.77. The maximum Gasteiger partial charge on any atom is 0.146 e. The minimum absolute atomic E-state index is 0.259. The van der Waals surface area contributed by atoms with Gasteiger partial charge in [-0.2, -0.15) is 5.10 Å². The van der Waals surface area contributed by atoms with Crippen LogP contribution in [0, 0.1) is 5.82 Å². The van der Waals surface area contributed by atoms with E-state index in [0.29, 0.717) is 5.56 Å². The van der Waals surface area contributed by atoms with E-state index in [9.17, 15) is 4.39 Å². The second-order valence-corrected chi connectivity index (χ2v) is 4.67. The number of halogens is 2. The maximum atomic E-state index is 13.8. The van der Waals surface area contributed by atoms with Gasteiger partial charge in [0.1, 0.15) is 5.82 Å². The van der Waals surface area contributed by atoms with Crippen LogP contribution in [-0.2, 0) is 6.54 Å². The van der Waals surface area contributed by atoms with Crippen LogP contribution < -0.4 is 5.32 Å². The first-order valence-electron chi connectivity index (χ1n) is 5.66. The van der Waals surface area contributed by atoms with Crippen LogP contribution in [-0.4, -0.2) is 21.8 Å². The van der Waals surface area contributed by atoms with E-state index in [1.807, 2.05) is 11.6 Å². The second kappa shape index (κ2) is 5.58. The van der Waals surface area contributed by atoms with Gasteiger partial charge in [-0.1, -0.05) is 0 Å². The van der Waals surface area contributed by atoms with Gasteiger partial charge < -0.3 is 5.32 Å². The number of hydrogen-bond acceptors (Lipinski definition) is 3. The van der Waals surface area contributed by atoms with Crippen LogP contribution in [0.2, 0.25) is 0 Å². The number of aryl methyl sites for hydroxylation is 1. The molecule has 1 unspecified atom stereocenters. The van der Waals surface area contributed by atoms with E-state index < -0.39 is 0 Å². The van der Waals surface area contributed by atoms with Crippen LogP contribution in [0.1, 0.15) is 24.2 Å². The van der Waals surface area contributed by atoms with Gasteiger partial charge >= 0.3 is 0 Å². The summed E-state index contributed by atoms with van der Waals surface area (Å²) in [6.07, 6.45) is 4.53. The molecule has 1 N–H and O–H groups in total. The summed E-state index contributed by atoms with van der Waals surface area (Å²) >= 11 is 3.46. The molecule has 96 valence electrons. The molecular formula is C12H14BrFN4. The normalized spacial score (nSPS) is 12.7. The average molecular weight is 313 g/mol. The summed E-state index contributed by atoms with van der Waals surface area (Å²) in [5, 5.41) is 7.37. The zero-order chi connectivity index (χ0) is 13.1. The van der Waals surface area contributed by atoms with Crippen molar-refractivity contribution in [3.05, 3.63) is 46.2 Å². The maximum absolute atomic E-state index is 13.8. The van der Waals surface area contributed by atoms with Gasteiger partial charge in [0.25, 0.3) is 0 Å². The predicted molar refractivity (Wildman–Crippen MR) is 70.7 cm³/mol. The number of rotatable bonds is 4. The zero-order valence-electron chi connectivity index (χ0n) is 10.2. The van der Waals surface area contributed by atoms with Crippen molar-refractivity contribution in [2.75, 3.05) is 7.05 Å². The summed E-state index contributed by atoms with van der Waals surface area (Å²) in [7, 11) is 1.80. The van der Waals surface area contributed by atoms with Crippen molar-refractivity contribution in [1.29, 1.82) is 0 Å². The molecule has 2 aromatic rings. The Morgan fingerprint density at radius 1 is 1.50 bits per heavy atom. The van der Waals surface area contributed by atoms with Gasteiger partial charge in [0.15, 0.2) is 0 Å². The highest BCUT2D eigenvalue weighted by atomic mass is 79.9. The molecule has 0 saturated carbocycles. The van der Waals surface area contributed by atoms with Crippen LogP contribution in [0.4, 0.5) is 4.39 Å². The minimum atomic E-state index is -0.326. The number of aromatic nitrogens is 3. The molecule has 0 saturated heterocycles. The van der Waals surface area contributed by atoms with E-state index in [2.05, 4.69) is 31.3 Å². The van der Waals surface area contributed by atoms with Gasteiger partial charge in [-0.25, -0.2) is 4.39 Å². The molecule has 0 aromatic carbocycles. The molecule has 0 fully saturated rings. The van der Waals surface area contributed by atoms with Gasteiger partial charge in [-0.05, 0) is 36.0 Å². The Morgan fingerprint density at radius 3 is 2.89 bits per heavy atom. The van der Waals surface area contributed by atoms with Crippen molar-refractivity contribution in [3.8, 4) is 0 Å². The Bertz CT molecular complexity index is 541. The second-order valence-electron chi connectivity index (χ2n) is 3.81. The molecule has 0 aliphatic heterocycles. The molecule has 0 spiro atoms. The summed E-state index contributed by atoms with van der Waals surface area (Å²) in [5.41, 5.74) is 1.47. The van der Waals surface area contributed by atoms with E-state index >= 15 is 0 Å². The standard InChI is InChI=1S/C12H14BrFN4/c1-3-18-12(9(13)6-17-18)11(15-2)8-4-5-16-7-10(8)14/h4-7,11,15H,3H2,1-2H3. The zero-order valence-corrected chi connectivity index (χ0v) is 11.8. The average Bonchev–Trinajstić information content (AvgIpc) is 2.74. The Morgan fingerprint density at radius 2 is 2.28 bits per heavy atom. The van der Waals surface area contributed by atoms with Crippen LogP contribution in [0.5, 0.6) is 0 Å². The first-order valence-corrected chi connectivity index (χ1v) is 6.46. The minimum Gasteiger partial charge on any atom is -0.308 e. The molecule has 4 nitrogen and oxygen atoms in total. The number of hydrogen-bond donors (Lipinski definition) is 1. The Balaban J connectivity index is 2.52. The van der Waals surface area contributed by atoms with Gasteiger partial charge in [-0.3, -0.25) is 9.67 Å². The lowest BCUT2D eigenvalue weighted by atomic mass is 10.0. The van der Waals surface area contributed by atoms with E-state index in [4.69, 9.17) is 0 Å². The van der Waals surface area contributed by atoms with Crippen LogP contribution in [0.25, 0.3) is 0 Å². The number of pyridine rings is 1. The topological polar surface area (TPSA) is 42.7 Å². The van der Waals surface area contributed by atoms with Gasteiger partial charge in [-0.15, -0.1) is 0 Å². The van der Waals surface area contributed by atoms with Gasteiger partial charge in [0.05, 0.1) is 28.6 Å². The SMILES string of the molecule is CCn1ncc(Br)c1C(NC)c1ccncc1F. The van der Waals surface area contributed by atoms with Crippen molar-refractivity contribution in [3.63, 3.8) is 0 Å². The predicted octanol–water partition coefficient (Wildman–Crippen LogP) is 2.51. The van der Waals surface area contributed by atoms with Crippen LogP contribution in [0.3, 0.4) is 0 Å². The summed E-state index contributed by atoms with van der Waals surface area (Å²) in [6.45, 7) is 2.73. The van der Waals surface area contributed by atoms with Crippen molar-refractivity contribution < 1.29 is 4.39 Å². The lowest BCUT2D eigenvalue weighted by Crippen LogP contribution is -2.23. The lowest BCUT2D eigenvalue weighted by Gasteiger charge is -2.19. The molecular weight excluding hydrogens is 299 g/mol. The van der Waals surface area contributed by atoms with E-state index in [1.165, 1.54) is 6.20 Å². The summed E-state index contributed by atoms with van der Waals surface area (Å²) in [6, 6.07) is 1.42. The number of nitrogens with zero attached hydrogens (tertiary/aromatic N) is 3. The fourth-order valence-corrected chi connectivity index (χ4v) is 2.50. The molecule has 2 rings (SSSR count). The fourth-order valence-electron chi connectivity index (χ4n) is 1.97. The molecule has 2 heterocycles. The lowest BCUT2D eigenvalue weighted by molar-refractivity contribution is 0.529. The van der Waals surface area contributed by atoms with Gasteiger partial charge in [0.2, 0.25) is 0 Å². The van der Waals surface area contributed by atoms with E-state index in [1.54, 1.807) is 25.5 Å². The third-order valence-electron chi connectivity index (χ3n) is 2.81. The molecule has 1 atom stereocenters. The fraction of sp³-hybridized carbons (Fsp3) is 0.333. The smallest absolute Gasteiger partial charge is 0.146 e.